The van der Waals surface area contributed by atoms with E-state index in [1.165, 1.54) is 0 Å². The molecule has 0 spiro atoms. The van der Waals surface area contributed by atoms with E-state index in [1.807, 2.05) is 44.2 Å². The number of nitrogens with zero attached hydrogens (tertiary/aromatic N) is 1. The van der Waals surface area contributed by atoms with Crippen molar-refractivity contribution < 1.29 is 14.2 Å². The maximum Gasteiger partial charge on any atom is 0.224 e. The Labute approximate surface area is 124 Å². The van der Waals surface area contributed by atoms with Gasteiger partial charge in [0.1, 0.15) is 23.7 Å². The van der Waals surface area contributed by atoms with E-state index in [4.69, 9.17) is 14.2 Å². The minimum Gasteiger partial charge on any atom is -0.496 e. The molecule has 21 heavy (non-hydrogen) atoms. The van der Waals surface area contributed by atoms with Crippen molar-refractivity contribution in [2.24, 2.45) is 4.99 Å². The molecule has 110 valence electrons. The zero-order valence-corrected chi connectivity index (χ0v) is 12.8. The van der Waals surface area contributed by atoms with Crippen molar-refractivity contribution >= 4 is 16.7 Å². The van der Waals surface area contributed by atoms with Gasteiger partial charge in [-0.05, 0) is 25.3 Å². The number of aliphatic imine (C=N–C) groups is 1. The Kier molecular flexibility index (Phi) is 3.24. The molecule has 0 saturated heterocycles. The highest BCUT2D eigenvalue weighted by atomic mass is 16.5. The molecule has 0 atom stereocenters. The fourth-order valence-corrected chi connectivity index (χ4v) is 2.58. The summed E-state index contributed by atoms with van der Waals surface area (Å²) in [7, 11) is 3.30. The molecule has 0 amide bonds. The van der Waals surface area contributed by atoms with Crippen LogP contribution in [0.2, 0.25) is 0 Å². The van der Waals surface area contributed by atoms with Crippen LogP contribution in [0.25, 0.3) is 10.8 Å². The smallest absolute Gasteiger partial charge is 0.224 e. The zero-order chi connectivity index (χ0) is 15.0. The molecule has 0 saturated carbocycles. The minimum atomic E-state index is -0.225. The van der Waals surface area contributed by atoms with Gasteiger partial charge in [-0.25, -0.2) is 4.99 Å². The fraction of sp³-hybridized carbons (Fsp3) is 0.353. The van der Waals surface area contributed by atoms with Crippen LogP contribution < -0.4 is 9.47 Å². The van der Waals surface area contributed by atoms with Crippen LogP contribution in [0.1, 0.15) is 19.4 Å². The number of rotatable bonds is 3. The van der Waals surface area contributed by atoms with Crippen molar-refractivity contribution in [1.29, 1.82) is 0 Å². The van der Waals surface area contributed by atoms with Gasteiger partial charge in [-0.15, -0.1) is 0 Å². The third kappa shape index (κ3) is 2.31. The van der Waals surface area contributed by atoms with Crippen LogP contribution in [0.4, 0.5) is 0 Å². The summed E-state index contributed by atoms with van der Waals surface area (Å²) >= 11 is 0. The summed E-state index contributed by atoms with van der Waals surface area (Å²) in [6, 6.07) is 10.0. The number of ether oxygens (including phenoxy) is 3. The Hall–Kier alpha value is -2.23. The van der Waals surface area contributed by atoms with E-state index in [-0.39, 0.29) is 5.54 Å². The van der Waals surface area contributed by atoms with E-state index in [0.717, 1.165) is 22.1 Å². The summed E-state index contributed by atoms with van der Waals surface area (Å²) in [6.45, 7) is 4.64. The van der Waals surface area contributed by atoms with Crippen molar-refractivity contribution in [3.8, 4) is 11.5 Å². The summed E-state index contributed by atoms with van der Waals surface area (Å²) in [4.78, 5) is 4.65. The van der Waals surface area contributed by atoms with Gasteiger partial charge in [0, 0.05) is 5.39 Å². The van der Waals surface area contributed by atoms with E-state index in [2.05, 4.69) is 4.99 Å². The lowest BCUT2D eigenvalue weighted by atomic mass is 10.0. The summed E-state index contributed by atoms with van der Waals surface area (Å²) in [5.74, 6) is 2.03. The average Bonchev–Trinajstić information content (AvgIpc) is 2.84. The molecule has 2 aromatic rings. The van der Waals surface area contributed by atoms with Crippen LogP contribution in [-0.2, 0) is 4.74 Å². The quantitative estimate of drug-likeness (QED) is 0.867. The lowest BCUT2D eigenvalue weighted by Gasteiger charge is -2.15. The van der Waals surface area contributed by atoms with Crippen molar-refractivity contribution in [2.45, 2.75) is 19.4 Å². The number of benzene rings is 2. The van der Waals surface area contributed by atoms with E-state index >= 15 is 0 Å². The molecular formula is C17H19NO3. The van der Waals surface area contributed by atoms with Gasteiger partial charge in [-0.3, -0.25) is 0 Å². The summed E-state index contributed by atoms with van der Waals surface area (Å²) < 4.78 is 17.0. The number of fused-ring (bicyclic) bond motifs is 1. The normalized spacial score (nSPS) is 16.5. The number of hydrogen-bond donors (Lipinski definition) is 0. The van der Waals surface area contributed by atoms with Crippen molar-refractivity contribution in [2.75, 3.05) is 20.8 Å². The fourth-order valence-electron chi connectivity index (χ4n) is 2.58. The predicted molar refractivity (Wildman–Crippen MR) is 83.6 cm³/mol. The number of hydrogen-bond acceptors (Lipinski definition) is 4. The lowest BCUT2D eigenvalue weighted by Crippen LogP contribution is -2.17. The Morgan fingerprint density at radius 1 is 1.14 bits per heavy atom. The maximum atomic E-state index is 5.78. The Morgan fingerprint density at radius 2 is 1.90 bits per heavy atom. The van der Waals surface area contributed by atoms with Crippen LogP contribution in [0.3, 0.4) is 0 Å². The van der Waals surface area contributed by atoms with Crippen LogP contribution in [0.15, 0.2) is 35.3 Å². The summed E-state index contributed by atoms with van der Waals surface area (Å²) in [5.41, 5.74) is 0.557. The molecule has 1 heterocycles. The maximum absolute atomic E-state index is 5.78. The highest BCUT2D eigenvalue weighted by Gasteiger charge is 2.31. The van der Waals surface area contributed by atoms with Gasteiger partial charge in [-0.1, -0.05) is 24.3 Å². The third-order valence-electron chi connectivity index (χ3n) is 3.57. The highest BCUT2D eigenvalue weighted by Crippen LogP contribution is 2.39. The Bertz CT molecular complexity index is 719. The van der Waals surface area contributed by atoms with Crippen molar-refractivity contribution in [3.05, 3.63) is 35.9 Å². The monoisotopic (exact) mass is 285 g/mol. The minimum absolute atomic E-state index is 0.225. The molecule has 1 aliphatic rings. The Balaban J connectivity index is 2.30. The van der Waals surface area contributed by atoms with Crippen LogP contribution in [0.5, 0.6) is 11.5 Å². The molecule has 0 aromatic heterocycles. The van der Waals surface area contributed by atoms with Gasteiger partial charge in [0.05, 0.1) is 19.8 Å². The van der Waals surface area contributed by atoms with Crippen molar-refractivity contribution in [1.82, 2.24) is 0 Å². The molecule has 0 radical (unpaired) electrons. The lowest BCUT2D eigenvalue weighted by molar-refractivity contribution is 0.277. The van der Waals surface area contributed by atoms with Crippen LogP contribution in [-0.4, -0.2) is 32.3 Å². The molecule has 0 fully saturated rings. The van der Waals surface area contributed by atoms with Gasteiger partial charge >= 0.3 is 0 Å². The molecule has 0 unspecified atom stereocenters. The zero-order valence-electron chi connectivity index (χ0n) is 12.8. The first-order valence-corrected chi connectivity index (χ1v) is 6.92. The van der Waals surface area contributed by atoms with Gasteiger partial charge in [0.15, 0.2) is 0 Å². The summed E-state index contributed by atoms with van der Waals surface area (Å²) in [6.07, 6.45) is 0. The average molecular weight is 285 g/mol. The van der Waals surface area contributed by atoms with Gasteiger partial charge < -0.3 is 14.2 Å². The molecule has 0 bridgehead atoms. The van der Waals surface area contributed by atoms with E-state index < -0.39 is 0 Å². The number of methoxy groups -OCH3 is 2. The molecular weight excluding hydrogens is 266 g/mol. The second-order valence-corrected chi connectivity index (χ2v) is 5.73. The summed E-state index contributed by atoms with van der Waals surface area (Å²) in [5, 5.41) is 2.08. The highest BCUT2D eigenvalue weighted by molar-refractivity contribution is 6.07. The van der Waals surface area contributed by atoms with Gasteiger partial charge in [0.25, 0.3) is 0 Å². The first-order valence-electron chi connectivity index (χ1n) is 6.92. The standard InChI is InChI=1S/C17H19NO3/c1-17(2)10-21-16(18-17)14-13(19-3)9-11-7-5-6-8-12(11)15(14)20-4/h5-9H,10H2,1-4H3. The SMILES string of the molecule is COc1cc2ccccc2c(OC)c1C1=NC(C)(C)CO1. The first-order chi connectivity index (χ1) is 10.1. The second-order valence-electron chi connectivity index (χ2n) is 5.73. The second kappa shape index (κ2) is 4.95. The van der Waals surface area contributed by atoms with Gasteiger partial charge in [-0.2, -0.15) is 0 Å². The Morgan fingerprint density at radius 3 is 2.52 bits per heavy atom. The molecule has 2 aromatic carbocycles. The first kappa shape index (κ1) is 13.7. The molecule has 4 nitrogen and oxygen atoms in total. The molecule has 0 N–H and O–H groups in total. The van der Waals surface area contributed by atoms with E-state index in [0.29, 0.717) is 18.3 Å². The molecule has 4 heteroatoms. The molecule has 3 rings (SSSR count). The molecule has 0 aliphatic carbocycles. The van der Waals surface area contributed by atoms with Crippen molar-refractivity contribution in [3.63, 3.8) is 0 Å². The molecule has 1 aliphatic heterocycles. The van der Waals surface area contributed by atoms with E-state index in [9.17, 15) is 0 Å². The predicted octanol–water partition coefficient (Wildman–Crippen LogP) is 3.41. The van der Waals surface area contributed by atoms with E-state index in [1.54, 1.807) is 14.2 Å². The third-order valence-corrected chi connectivity index (χ3v) is 3.57. The van der Waals surface area contributed by atoms with Gasteiger partial charge in [0.2, 0.25) is 5.90 Å². The topological polar surface area (TPSA) is 40.0 Å². The van der Waals surface area contributed by atoms with Crippen LogP contribution in [0, 0.1) is 0 Å². The largest absolute Gasteiger partial charge is 0.496 e. The van der Waals surface area contributed by atoms with Crippen LogP contribution >= 0.6 is 0 Å².